The highest BCUT2D eigenvalue weighted by Crippen LogP contribution is 2.33. The van der Waals surface area contributed by atoms with Crippen molar-refractivity contribution in [2.75, 3.05) is 12.3 Å². The zero-order valence-corrected chi connectivity index (χ0v) is 12.6. The number of hydrogen-bond donors (Lipinski definition) is 1. The van der Waals surface area contributed by atoms with Crippen molar-refractivity contribution in [1.29, 1.82) is 0 Å². The molecule has 0 atom stereocenters. The number of nitrogens with zero attached hydrogens (tertiary/aromatic N) is 1. The first kappa shape index (κ1) is 21.4. The number of alkyl halides is 6. The van der Waals surface area contributed by atoms with E-state index < -0.39 is 34.2 Å². The fourth-order valence-corrected chi connectivity index (χ4v) is 2.40. The zero-order valence-electron chi connectivity index (χ0n) is 11.8. The monoisotopic (exact) mass is 359 g/mol. The Labute approximate surface area is 125 Å². The van der Waals surface area contributed by atoms with E-state index in [4.69, 9.17) is 4.55 Å². The summed E-state index contributed by atoms with van der Waals surface area (Å²) in [5.41, 5.74) is 0. The van der Waals surface area contributed by atoms with Crippen LogP contribution in [0.4, 0.5) is 26.3 Å². The second-order valence-corrected chi connectivity index (χ2v) is 6.42. The van der Waals surface area contributed by atoms with Crippen molar-refractivity contribution >= 4 is 10.1 Å². The van der Waals surface area contributed by atoms with E-state index >= 15 is 0 Å². The third-order valence-electron chi connectivity index (χ3n) is 2.90. The molecule has 1 N–H and O–H groups in total. The smallest absolute Gasteiger partial charge is 0.286 e. The largest absolute Gasteiger partial charge is 0.467 e. The molecule has 0 aromatic rings. The minimum atomic E-state index is -5.44. The fourth-order valence-electron chi connectivity index (χ4n) is 1.84. The first-order valence-corrected chi connectivity index (χ1v) is 8.31. The average Bonchev–Trinajstić information content (AvgIpc) is 2.26. The summed E-state index contributed by atoms with van der Waals surface area (Å²) in [4.78, 5) is -1.44. The van der Waals surface area contributed by atoms with Gasteiger partial charge in [0.1, 0.15) is 0 Å². The van der Waals surface area contributed by atoms with Gasteiger partial charge in [-0.25, -0.2) is 0 Å². The summed E-state index contributed by atoms with van der Waals surface area (Å²) in [6.45, 7) is -1.13. The SMILES string of the molecule is O=S(=O)(O)CCCCCCCCCN(C(F)(F)F)C(F)(F)F. The lowest BCUT2D eigenvalue weighted by Gasteiger charge is -2.26. The lowest BCUT2D eigenvalue weighted by molar-refractivity contribution is -0.372. The van der Waals surface area contributed by atoms with Crippen molar-refractivity contribution in [3.63, 3.8) is 0 Å². The molecule has 0 saturated heterocycles. The van der Waals surface area contributed by atoms with Crippen LogP contribution in [0.1, 0.15) is 44.9 Å². The van der Waals surface area contributed by atoms with Gasteiger partial charge in [0.25, 0.3) is 10.1 Å². The summed E-state index contributed by atoms with van der Waals surface area (Å²) in [5.74, 6) is -0.348. The second kappa shape index (κ2) is 8.92. The number of unbranched alkanes of at least 4 members (excludes halogenated alkanes) is 6. The Morgan fingerprint density at radius 1 is 0.727 bits per heavy atom. The molecule has 134 valence electrons. The molecule has 0 aromatic carbocycles. The molecule has 0 fully saturated rings. The summed E-state index contributed by atoms with van der Waals surface area (Å²) < 4.78 is 102. The zero-order chi connectivity index (χ0) is 17.4. The van der Waals surface area contributed by atoms with Crippen molar-refractivity contribution in [2.45, 2.75) is 57.5 Å². The van der Waals surface area contributed by atoms with Crippen LogP contribution in [0.5, 0.6) is 0 Å². The Balaban J connectivity index is 3.76. The van der Waals surface area contributed by atoms with Gasteiger partial charge in [-0.15, -0.1) is 4.90 Å². The van der Waals surface area contributed by atoms with Gasteiger partial charge in [-0.2, -0.15) is 34.8 Å². The molecule has 0 amide bonds. The fraction of sp³-hybridized carbons (Fsp3) is 1.00. The van der Waals surface area contributed by atoms with Crippen molar-refractivity contribution < 1.29 is 39.3 Å². The van der Waals surface area contributed by atoms with E-state index in [-0.39, 0.29) is 25.0 Å². The molecule has 0 bridgehead atoms. The minimum Gasteiger partial charge on any atom is -0.286 e. The van der Waals surface area contributed by atoms with E-state index in [2.05, 4.69) is 0 Å². The Morgan fingerprint density at radius 3 is 1.45 bits per heavy atom. The van der Waals surface area contributed by atoms with Crippen LogP contribution in [0.3, 0.4) is 0 Å². The number of rotatable bonds is 10. The van der Waals surface area contributed by atoms with Crippen LogP contribution >= 0.6 is 0 Å². The lowest BCUT2D eigenvalue weighted by atomic mass is 10.1. The molecular formula is C11H19F6NO3S. The first-order chi connectivity index (χ1) is 9.84. The summed E-state index contributed by atoms with van der Waals surface area (Å²) in [6.07, 6.45) is -8.42. The second-order valence-electron chi connectivity index (χ2n) is 4.85. The molecule has 0 rings (SSSR count). The topological polar surface area (TPSA) is 57.6 Å². The van der Waals surface area contributed by atoms with Crippen LogP contribution < -0.4 is 0 Å². The van der Waals surface area contributed by atoms with Gasteiger partial charge >= 0.3 is 12.6 Å². The molecular weight excluding hydrogens is 340 g/mol. The van der Waals surface area contributed by atoms with Crippen LogP contribution in [0.2, 0.25) is 0 Å². The quantitative estimate of drug-likeness (QED) is 0.278. The van der Waals surface area contributed by atoms with Crippen LogP contribution in [-0.2, 0) is 10.1 Å². The van der Waals surface area contributed by atoms with Crippen LogP contribution in [0, 0.1) is 0 Å². The molecule has 0 aliphatic carbocycles. The lowest BCUT2D eigenvalue weighted by Crippen LogP contribution is -2.48. The van der Waals surface area contributed by atoms with Crippen LogP contribution in [0.25, 0.3) is 0 Å². The highest BCUT2D eigenvalue weighted by atomic mass is 32.2. The molecule has 4 nitrogen and oxygen atoms in total. The van der Waals surface area contributed by atoms with Crippen molar-refractivity contribution in [3.05, 3.63) is 0 Å². The highest BCUT2D eigenvalue weighted by Gasteiger charge is 2.53. The molecule has 0 unspecified atom stereocenters. The van der Waals surface area contributed by atoms with Crippen molar-refractivity contribution in [3.8, 4) is 0 Å². The summed E-state index contributed by atoms with van der Waals surface area (Å²) in [6, 6.07) is 0. The summed E-state index contributed by atoms with van der Waals surface area (Å²) in [7, 11) is -3.98. The molecule has 0 aliphatic rings. The number of hydrogen-bond acceptors (Lipinski definition) is 3. The van der Waals surface area contributed by atoms with Gasteiger partial charge in [0.05, 0.1) is 5.75 Å². The summed E-state index contributed by atoms with van der Waals surface area (Å²) in [5, 5.41) is 0. The Morgan fingerprint density at radius 2 is 1.09 bits per heavy atom. The van der Waals surface area contributed by atoms with Gasteiger partial charge in [0, 0.05) is 6.54 Å². The van der Waals surface area contributed by atoms with Gasteiger partial charge < -0.3 is 0 Å². The Bertz CT molecular complexity index is 393. The van der Waals surface area contributed by atoms with Gasteiger partial charge in [0.15, 0.2) is 0 Å². The summed E-state index contributed by atoms with van der Waals surface area (Å²) >= 11 is 0. The van der Waals surface area contributed by atoms with Crippen LogP contribution in [-0.4, -0.2) is 42.8 Å². The molecule has 11 heteroatoms. The normalized spacial score (nSPS) is 13.8. The first-order valence-electron chi connectivity index (χ1n) is 6.70. The van der Waals surface area contributed by atoms with E-state index in [1.165, 1.54) is 0 Å². The van der Waals surface area contributed by atoms with Gasteiger partial charge in [-0.3, -0.25) is 4.55 Å². The molecule has 0 heterocycles. The number of halogens is 6. The van der Waals surface area contributed by atoms with Crippen molar-refractivity contribution in [2.24, 2.45) is 0 Å². The predicted molar refractivity (Wildman–Crippen MR) is 67.6 cm³/mol. The molecule has 0 saturated carbocycles. The molecule has 0 aliphatic heterocycles. The van der Waals surface area contributed by atoms with E-state index in [1.54, 1.807) is 0 Å². The van der Waals surface area contributed by atoms with Gasteiger partial charge in [0.2, 0.25) is 0 Å². The van der Waals surface area contributed by atoms with E-state index in [0.717, 1.165) is 0 Å². The van der Waals surface area contributed by atoms with Gasteiger partial charge in [-0.1, -0.05) is 32.1 Å². The average molecular weight is 359 g/mol. The third kappa shape index (κ3) is 11.1. The Kier molecular flexibility index (Phi) is 8.70. The minimum absolute atomic E-state index is 0.223. The Hall–Kier alpha value is -0.550. The highest BCUT2D eigenvalue weighted by molar-refractivity contribution is 7.85. The maximum Gasteiger partial charge on any atom is 0.467 e. The molecule has 0 aromatic heterocycles. The van der Waals surface area contributed by atoms with E-state index in [1.807, 2.05) is 0 Å². The molecule has 0 radical (unpaired) electrons. The van der Waals surface area contributed by atoms with Crippen molar-refractivity contribution in [1.82, 2.24) is 4.90 Å². The maximum atomic E-state index is 12.2. The standard InChI is InChI=1S/C11H19F6NO3S/c12-10(13,14)18(11(15,16)17)8-6-4-2-1-3-5-7-9-22(19,20)21/h1-9H2,(H,19,20,21). The maximum absolute atomic E-state index is 12.2. The van der Waals surface area contributed by atoms with E-state index in [9.17, 15) is 34.8 Å². The van der Waals surface area contributed by atoms with E-state index in [0.29, 0.717) is 25.7 Å². The third-order valence-corrected chi connectivity index (χ3v) is 3.70. The van der Waals surface area contributed by atoms with Gasteiger partial charge in [-0.05, 0) is 12.8 Å². The molecule has 0 spiro atoms. The predicted octanol–water partition coefficient (Wildman–Crippen LogP) is 3.95. The van der Waals surface area contributed by atoms with Crippen LogP contribution in [0.15, 0.2) is 0 Å². The molecule has 22 heavy (non-hydrogen) atoms.